The summed E-state index contributed by atoms with van der Waals surface area (Å²) in [6, 6.07) is 3.06. The van der Waals surface area contributed by atoms with Crippen molar-refractivity contribution in [2.75, 3.05) is 6.54 Å². The zero-order chi connectivity index (χ0) is 12.0. The summed E-state index contributed by atoms with van der Waals surface area (Å²) in [6.07, 6.45) is 6.43. The maximum Gasteiger partial charge on any atom is 0.271 e. The Kier molecular flexibility index (Phi) is 5.10. The highest BCUT2D eigenvalue weighted by atomic mass is 35.5. The fourth-order valence-electron chi connectivity index (χ4n) is 1.05. The van der Waals surface area contributed by atoms with Crippen LogP contribution >= 0.6 is 23.2 Å². The molecule has 16 heavy (non-hydrogen) atoms. The van der Waals surface area contributed by atoms with Crippen LogP contribution in [0, 0.1) is 12.3 Å². The second-order valence-corrected chi connectivity index (χ2v) is 3.82. The summed E-state index contributed by atoms with van der Waals surface area (Å²) in [5.41, 5.74) is 0.134. The summed E-state index contributed by atoms with van der Waals surface area (Å²) in [4.78, 5) is 15.5. The molecule has 0 radical (unpaired) electrons. The second-order valence-electron chi connectivity index (χ2n) is 3.03. The molecule has 5 heteroatoms. The predicted octanol–water partition coefficient (Wildman–Crippen LogP) is 2.53. The van der Waals surface area contributed by atoms with Gasteiger partial charge in [0.1, 0.15) is 10.8 Å². The molecule has 0 atom stereocenters. The van der Waals surface area contributed by atoms with Gasteiger partial charge >= 0.3 is 0 Å². The van der Waals surface area contributed by atoms with E-state index in [-0.39, 0.29) is 21.8 Å². The lowest BCUT2D eigenvalue weighted by Crippen LogP contribution is -2.25. The van der Waals surface area contributed by atoms with E-state index in [9.17, 15) is 4.79 Å². The molecule has 0 aliphatic carbocycles. The lowest BCUT2D eigenvalue weighted by Gasteiger charge is -2.05. The molecule has 3 nitrogen and oxygen atoms in total. The molecule has 0 aromatic carbocycles. The number of nitrogens with one attached hydrogen (secondary N) is 1. The van der Waals surface area contributed by atoms with E-state index in [0.29, 0.717) is 13.0 Å². The summed E-state index contributed by atoms with van der Waals surface area (Å²) in [5, 5.41) is 3.17. The lowest BCUT2D eigenvalue weighted by atomic mass is 10.3. The van der Waals surface area contributed by atoms with Crippen molar-refractivity contribution in [1.82, 2.24) is 10.3 Å². The molecule has 1 rings (SSSR count). The maximum atomic E-state index is 11.6. The van der Waals surface area contributed by atoms with Gasteiger partial charge in [0.05, 0.1) is 5.02 Å². The van der Waals surface area contributed by atoms with E-state index in [2.05, 4.69) is 16.2 Å². The van der Waals surface area contributed by atoms with Crippen LogP contribution in [-0.4, -0.2) is 17.4 Å². The largest absolute Gasteiger partial charge is 0.351 e. The van der Waals surface area contributed by atoms with Gasteiger partial charge in [-0.1, -0.05) is 23.2 Å². The van der Waals surface area contributed by atoms with Gasteiger partial charge in [-0.05, 0) is 18.6 Å². The summed E-state index contributed by atoms with van der Waals surface area (Å²) < 4.78 is 0. The molecular formula is C11H10Cl2N2O. The second kappa shape index (κ2) is 6.37. The Bertz CT molecular complexity index is 426. The summed E-state index contributed by atoms with van der Waals surface area (Å²) in [6.45, 7) is 0.494. The topological polar surface area (TPSA) is 42.0 Å². The van der Waals surface area contributed by atoms with Crippen LogP contribution in [0.1, 0.15) is 23.3 Å². The van der Waals surface area contributed by atoms with Gasteiger partial charge in [-0.3, -0.25) is 4.79 Å². The normalized spacial score (nSPS) is 9.56. The van der Waals surface area contributed by atoms with Gasteiger partial charge in [0.2, 0.25) is 0 Å². The first-order chi connectivity index (χ1) is 7.65. The van der Waals surface area contributed by atoms with E-state index < -0.39 is 0 Å². The van der Waals surface area contributed by atoms with Gasteiger partial charge in [0, 0.05) is 13.0 Å². The molecule has 1 heterocycles. The molecule has 1 aromatic heterocycles. The highest BCUT2D eigenvalue weighted by molar-refractivity contribution is 6.34. The van der Waals surface area contributed by atoms with E-state index >= 15 is 0 Å². The molecule has 0 fully saturated rings. The number of aromatic nitrogens is 1. The number of terminal acetylenes is 1. The van der Waals surface area contributed by atoms with E-state index in [1.54, 1.807) is 0 Å². The quantitative estimate of drug-likeness (QED) is 0.511. The van der Waals surface area contributed by atoms with Crippen molar-refractivity contribution < 1.29 is 4.79 Å². The van der Waals surface area contributed by atoms with Crippen LogP contribution in [0.25, 0.3) is 0 Å². The van der Waals surface area contributed by atoms with Gasteiger partial charge in [-0.15, -0.1) is 12.3 Å². The van der Waals surface area contributed by atoms with Gasteiger partial charge in [0.15, 0.2) is 0 Å². The summed E-state index contributed by atoms with van der Waals surface area (Å²) in [7, 11) is 0. The molecule has 1 N–H and O–H groups in total. The van der Waals surface area contributed by atoms with Crippen LogP contribution in [0.4, 0.5) is 0 Å². The number of hydrogen-bond donors (Lipinski definition) is 1. The first-order valence-corrected chi connectivity index (χ1v) is 5.44. The Balaban J connectivity index is 2.59. The minimum absolute atomic E-state index is 0.134. The van der Waals surface area contributed by atoms with Crippen molar-refractivity contribution in [3.8, 4) is 12.3 Å². The number of nitrogens with zero attached hydrogens (tertiary/aromatic N) is 1. The van der Waals surface area contributed by atoms with Crippen molar-refractivity contribution in [2.24, 2.45) is 0 Å². The molecule has 0 aliphatic rings. The minimum Gasteiger partial charge on any atom is -0.351 e. The number of carbonyl (C=O) groups excluding carboxylic acids is 1. The van der Waals surface area contributed by atoms with Crippen molar-refractivity contribution in [3.05, 3.63) is 28.0 Å². The Morgan fingerprint density at radius 1 is 1.50 bits per heavy atom. The van der Waals surface area contributed by atoms with Crippen molar-refractivity contribution in [2.45, 2.75) is 12.8 Å². The van der Waals surface area contributed by atoms with Crippen LogP contribution in [0.3, 0.4) is 0 Å². The third-order valence-corrected chi connectivity index (χ3v) is 2.33. The van der Waals surface area contributed by atoms with Crippen LogP contribution in [0.2, 0.25) is 10.2 Å². The lowest BCUT2D eigenvalue weighted by molar-refractivity contribution is 0.0948. The monoisotopic (exact) mass is 256 g/mol. The molecule has 1 amide bonds. The van der Waals surface area contributed by atoms with Crippen molar-refractivity contribution in [3.63, 3.8) is 0 Å². The zero-order valence-corrected chi connectivity index (χ0v) is 9.98. The van der Waals surface area contributed by atoms with Gasteiger partial charge in [-0.25, -0.2) is 4.98 Å². The third-order valence-electron chi connectivity index (χ3n) is 1.81. The van der Waals surface area contributed by atoms with Crippen LogP contribution < -0.4 is 5.32 Å². The van der Waals surface area contributed by atoms with Gasteiger partial charge < -0.3 is 5.32 Å². The highest BCUT2D eigenvalue weighted by Crippen LogP contribution is 2.16. The number of hydrogen-bond acceptors (Lipinski definition) is 2. The Morgan fingerprint density at radius 3 is 2.94 bits per heavy atom. The SMILES string of the molecule is C#CCCCNC(=O)c1nc(Cl)ccc1Cl. The molecule has 1 aromatic rings. The van der Waals surface area contributed by atoms with Crippen LogP contribution in [-0.2, 0) is 0 Å². The molecule has 0 saturated heterocycles. The van der Waals surface area contributed by atoms with Crippen LogP contribution in [0.5, 0.6) is 0 Å². The van der Waals surface area contributed by atoms with E-state index in [4.69, 9.17) is 29.6 Å². The Morgan fingerprint density at radius 2 is 2.25 bits per heavy atom. The fourth-order valence-corrected chi connectivity index (χ4v) is 1.39. The summed E-state index contributed by atoms with van der Waals surface area (Å²) >= 11 is 11.5. The summed E-state index contributed by atoms with van der Waals surface area (Å²) in [5.74, 6) is 2.14. The number of rotatable bonds is 4. The van der Waals surface area contributed by atoms with E-state index in [0.717, 1.165) is 6.42 Å². The molecule has 0 unspecified atom stereocenters. The first kappa shape index (κ1) is 12.8. The fraction of sp³-hybridized carbons (Fsp3) is 0.273. The van der Waals surface area contributed by atoms with Gasteiger partial charge in [0.25, 0.3) is 5.91 Å². The standard InChI is InChI=1S/C11H10Cl2N2O/c1-2-3-4-7-14-11(16)10-8(12)5-6-9(13)15-10/h1,5-6H,3-4,7H2,(H,14,16). The smallest absolute Gasteiger partial charge is 0.271 e. The zero-order valence-electron chi connectivity index (χ0n) is 8.46. The average Bonchev–Trinajstić information content (AvgIpc) is 2.27. The number of unbranched alkanes of at least 4 members (excludes halogenated alkanes) is 1. The number of pyridine rings is 1. The number of halogens is 2. The third kappa shape index (κ3) is 3.73. The van der Waals surface area contributed by atoms with Gasteiger partial charge in [-0.2, -0.15) is 0 Å². The highest BCUT2D eigenvalue weighted by Gasteiger charge is 2.11. The molecule has 84 valence electrons. The minimum atomic E-state index is -0.343. The maximum absolute atomic E-state index is 11.6. The van der Waals surface area contributed by atoms with E-state index in [1.165, 1.54) is 12.1 Å². The van der Waals surface area contributed by atoms with E-state index in [1.807, 2.05) is 0 Å². The van der Waals surface area contributed by atoms with Crippen molar-refractivity contribution in [1.29, 1.82) is 0 Å². The molecular weight excluding hydrogens is 247 g/mol. The Hall–Kier alpha value is -1.24. The molecule has 0 aliphatic heterocycles. The van der Waals surface area contributed by atoms with Crippen molar-refractivity contribution >= 4 is 29.1 Å². The molecule has 0 saturated carbocycles. The van der Waals surface area contributed by atoms with Crippen LogP contribution in [0.15, 0.2) is 12.1 Å². The average molecular weight is 257 g/mol. The molecule has 0 bridgehead atoms. The molecule has 0 spiro atoms. The number of amides is 1. The first-order valence-electron chi connectivity index (χ1n) is 4.69. The number of carbonyl (C=O) groups is 1. The predicted molar refractivity (Wildman–Crippen MR) is 64.7 cm³/mol. The Labute approximate surface area is 104 Å².